The number of amides is 3. The second kappa shape index (κ2) is 8.06. The summed E-state index contributed by atoms with van der Waals surface area (Å²) >= 11 is 0. The number of aryl methyl sites for hydroxylation is 1. The maximum atomic E-state index is 12.7. The molecule has 0 aliphatic carbocycles. The molecule has 3 amide bonds. The lowest BCUT2D eigenvalue weighted by Gasteiger charge is -2.13. The van der Waals surface area contributed by atoms with Gasteiger partial charge in [-0.05, 0) is 48.7 Å². The van der Waals surface area contributed by atoms with Crippen molar-refractivity contribution in [3.63, 3.8) is 0 Å². The number of rotatable bonds is 6. The highest BCUT2D eigenvalue weighted by molar-refractivity contribution is 6.22. The van der Waals surface area contributed by atoms with Gasteiger partial charge in [-0.15, -0.1) is 0 Å². The summed E-state index contributed by atoms with van der Waals surface area (Å²) in [5.41, 5.74) is 2.66. The second-order valence-electron chi connectivity index (χ2n) is 6.81. The third kappa shape index (κ3) is 3.91. The number of pyridine rings is 1. The van der Waals surface area contributed by atoms with Gasteiger partial charge >= 0.3 is 0 Å². The quantitative estimate of drug-likeness (QED) is 0.658. The summed E-state index contributed by atoms with van der Waals surface area (Å²) in [6.45, 7) is 0.346. The number of hydrogen-bond donors (Lipinski definition) is 1. The Kier molecular flexibility index (Phi) is 5.16. The number of anilines is 1. The molecule has 1 aliphatic rings. The Hall–Kier alpha value is -3.80. The van der Waals surface area contributed by atoms with Crippen LogP contribution in [0.25, 0.3) is 0 Å². The van der Waals surface area contributed by atoms with Crippen molar-refractivity contribution in [2.45, 2.75) is 12.8 Å². The molecule has 0 spiro atoms. The van der Waals surface area contributed by atoms with Crippen molar-refractivity contribution in [1.82, 2.24) is 9.88 Å². The number of nitrogens with one attached hydrogen (secondary N) is 1. The molecule has 4 rings (SSSR count). The van der Waals surface area contributed by atoms with Crippen LogP contribution in [0.15, 0.2) is 73.1 Å². The molecule has 0 bridgehead atoms. The average Bonchev–Trinajstić information content (AvgIpc) is 2.99. The first-order valence-electron chi connectivity index (χ1n) is 9.39. The van der Waals surface area contributed by atoms with E-state index in [2.05, 4.69) is 10.3 Å². The zero-order valence-electron chi connectivity index (χ0n) is 15.7. The highest BCUT2D eigenvalue weighted by Gasteiger charge is 2.35. The normalized spacial score (nSPS) is 12.8. The van der Waals surface area contributed by atoms with Crippen LogP contribution in [0.4, 0.5) is 5.69 Å². The van der Waals surface area contributed by atoms with E-state index in [1.807, 2.05) is 30.3 Å². The van der Waals surface area contributed by atoms with Crippen molar-refractivity contribution in [3.8, 4) is 0 Å². The van der Waals surface area contributed by atoms with Crippen LogP contribution in [0.2, 0.25) is 0 Å². The third-order valence-corrected chi connectivity index (χ3v) is 4.84. The van der Waals surface area contributed by atoms with E-state index in [4.69, 9.17) is 0 Å². The molecule has 0 fully saturated rings. The molecule has 2 heterocycles. The first kappa shape index (κ1) is 18.6. The topological polar surface area (TPSA) is 79.4 Å². The maximum absolute atomic E-state index is 12.7. The Balaban J connectivity index is 1.45. The van der Waals surface area contributed by atoms with Crippen LogP contribution in [0.5, 0.6) is 0 Å². The zero-order valence-corrected chi connectivity index (χ0v) is 15.7. The Labute approximate surface area is 168 Å². The van der Waals surface area contributed by atoms with Gasteiger partial charge in [0.15, 0.2) is 0 Å². The fourth-order valence-electron chi connectivity index (χ4n) is 3.36. The van der Waals surface area contributed by atoms with Gasteiger partial charge < -0.3 is 5.32 Å². The fraction of sp³-hybridized carbons (Fsp3) is 0.130. The van der Waals surface area contributed by atoms with E-state index < -0.39 is 0 Å². The summed E-state index contributed by atoms with van der Waals surface area (Å²) in [5, 5.41) is 2.73. The largest absolute Gasteiger partial charge is 0.321 e. The average molecular weight is 385 g/mol. The van der Waals surface area contributed by atoms with Crippen molar-refractivity contribution in [3.05, 3.63) is 95.3 Å². The Morgan fingerprint density at radius 2 is 1.72 bits per heavy atom. The lowest BCUT2D eigenvalue weighted by Crippen LogP contribution is -2.31. The minimum atomic E-state index is -0.358. The predicted molar refractivity (Wildman–Crippen MR) is 109 cm³/mol. The first-order chi connectivity index (χ1) is 14.1. The molecule has 1 aromatic heterocycles. The first-order valence-corrected chi connectivity index (χ1v) is 9.39. The molecule has 0 radical (unpaired) electrons. The van der Waals surface area contributed by atoms with Crippen LogP contribution in [-0.4, -0.2) is 34.2 Å². The lowest BCUT2D eigenvalue weighted by molar-refractivity contribution is 0.0652. The molecule has 2 aromatic carbocycles. The molecule has 1 aliphatic heterocycles. The summed E-state index contributed by atoms with van der Waals surface area (Å²) < 4.78 is 0. The molecule has 0 saturated carbocycles. The highest BCUT2D eigenvalue weighted by atomic mass is 16.2. The molecule has 0 unspecified atom stereocenters. The van der Waals surface area contributed by atoms with E-state index in [1.54, 1.807) is 30.5 Å². The third-order valence-electron chi connectivity index (χ3n) is 4.84. The van der Waals surface area contributed by atoms with Gasteiger partial charge in [0.25, 0.3) is 17.7 Å². The summed E-state index contributed by atoms with van der Waals surface area (Å²) in [4.78, 5) is 43.0. The van der Waals surface area contributed by atoms with Crippen LogP contribution in [-0.2, 0) is 6.42 Å². The van der Waals surface area contributed by atoms with Crippen LogP contribution in [0.1, 0.15) is 43.1 Å². The molecule has 6 heteroatoms. The van der Waals surface area contributed by atoms with E-state index in [1.165, 1.54) is 22.7 Å². The van der Waals surface area contributed by atoms with Crippen LogP contribution in [0, 0.1) is 0 Å². The van der Waals surface area contributed by atoms with E-state index in [0.29, 0.717) is 29.8 Å². The van der Waals surface area contributed by atoms with Gasteiger partial charge in [-0.2, -0.15) is 0 Å². The smallest absolute Gasteiger partial charge is 0.261 e. The van der Waals surface area contributed by atoms with E-state index in [9.17, 15) is 14.4 Å². The van der Waals surface area contributed by atoms with Crippen molar-refractivity contribution in [2.75, 3.05) is 11.9 Å². The van der Waals surface area contributed by atoms with Gasteiger partial charge in [0, 0.05) is 18.3 Å². The van der Waals surface area contributed by atoms with Gasteiger partial charge in [0.2, 0.25) is 0 Å². The van der Waals surface area contributed by atoms with Gasteiger partial charge in [0.05, 0.1) is 23.0 Å². The van der Waals surface area contributed by atoms with E-state index in [-0.39, 0.29) is 23.3 Å². The molecule has 144 valence electrons. The van der Waals surface area contributed by atoms with Crippen molar-refractivity contribution in [2.24, 2.45) is 0 Å². The van der Waals surface area contributed by atoms with E-state index >= 15 is 0 Å². The predicted octanol–water partition coefficient (Wildman–Crippen LogP) is 3.56. The number of imide groups is 1. The van der Waals surface area contributed by atoms with Crippen LogP contribution >= 0.6 is 0 Å². The maximum Gasteiger partial charge on any atom is 0.261 e. The Morgan fingerprint density at radius 3 is 2.48 bits per heavy atom. The highest BCUT2D eigenvalue weighted by Crippen LogP contribution is 2.25. The minimum Gasteiger partial charge on any atom is -0.321 e. The molecule has 29 heavy (non-hydrogen) atoms. The molecule has 0 saturated heterocycles. The molecular formula is C23H19N3O3. The number of hydrogen-bond acceptors (Lipinski definition) is 4. The molecule has 1 N–H and O–H groups in total. The minimum absolute atomic E-state index is 0.272. The zero-order chi connectivity index (χ0) is 20.2. The molecule has 0 atom stereocenters. The monoisotopic (exact) mass is 385 g/mol. The number of carbonyl (C=O) groups excluding carboxylic acids is 3. The summed E-state index contributed by atoms with van der Waals surface area (Å²) in [7, 11) is 0. The van der Waals surface area contributed by atoms with E-state index in [0.717, 1.165) is 6.42 Å². The van der Waals surface area contributed by atoms with Crippen molar-refractivity contribution >= 4 is 23.4 Å². The second-order valence-corrected chi connectivity index (χ2v) is 6.81. The number of nitrogens with zero attached hydrogens (tertiary/aromatic N) is 2. The van der Waals surface area contributed by atoms with Crippen molar-refractivity contribution < 1.29 is 14.4 Å². The van der Waals surface area contributed by atoms with Gasteiger partial charge in [-0.1, -0.05) is 30.3 Å². The SMILES string of the molecule is O=C(Nc1cccnc1)c1ccc2c(c1)C(=O)N(CCCc1ccccc1)C2=O. The van der Waals surface area contributed by atoms with Crippen LogP contribution in [0.3, 0.4) is 0 Å². The molecule has 3 aromatic rings. The summed E-state index contributed by atoms with van der Waals surface area (Å²) in [5.74, 6) is -1.02. The number of fused-ring (bicyclic) bond motifs is 1. The number of benzene rings is 2. The van der Waals surface area contributed by atoms with Gasteiger partial charge in [0.1, 0.15) is 0 Å². The fourth-order valence-corrected chi connectivity index (χ4v) is 3.36. The summed E-state index contributed by atoms with van der Waals surface area (Å²) in [6, 6.07) is 18.0. The summed E-state index contributed by atoms with van der Waals surface area (Å²) in [6.07, 6.45) is 4.62. The van der Waals surface area contributed by atoms with Crippen LogP contribution < -0.4 is 5.32 Å². The Bertz CT molecular complexity index is 1070. The van der Waals surface area contributed by atoms with Gasteiger partial charge in [-0.3, -0.25) is 24.3 Å². The Morgan fingerprint density at radius 1 is 0.931 bits per heavy atom. The molecule has 6 nitrogen and oxygen atoms in total. The standard InChI is InChI=1S/C23H19N3O3/c27-21(25-18-9-4-12-24-15-18)17-10-11-19-20(14-17)23(29)26(22(19)28)13-5-8-16-6-2-1-3-7-16/h1-4,6-7,9-12,14-15H,5,8,13H2,(H,25,27). The molecular weight excluding hydrogens is 366 g/mol. The number of aromatic nitrogens is 1. The van der Waals surface area contributed by atoms with Gasteiger partial charge in [-0.25, -0.2) is 0 Å². The lowest BCUT2D eigenvalue weighted by atomic mass is 10.1. The van der Waals surface area contributed by atoms with Crippen molar-refractivity contribution in [1.29, 1.82) is 0 Å². The number of carbonyl (C=O) groups is 3.